The van der Waals surface area contributed by atoms with E-state index in [4.69, 9.17) is 4.74 Å². The van der Waals surface area contributed by atoms with Crippen LogP contribution >= 0.6 is 11.8 Å². The number of hydrogen-bond donors (Lipinski definition) is 1. The van der Waals surface area contributed by atoms with Gasteiger partial charge in [0.1, 0.15) is 0 Å². The Morgan fingerprint density at radius 2 is 2.00 bits per heavy atom. The number of amides is 1. The molecule has 0 saturated heterocycles. The van der Waals surface area contributed by atoms with Gasteiger partial charge in [0, 0.05) is 11.8 Å². The minimum atomic E-state index is -0.342. The molecule has 0 unspecified atom stereocenters. The number of carbonyl (C=O) groups is 2. The first-order chi connectivity index (χ1) is 9.93. The number of benzene rings is 1. The minimum Gasteiger partial charge on any atom is -0.465 e. The first kappa shape index (κ1) is 17.6. The Morgan fingerprint density at radius 3 is 2.62 bits per heavy atom. The Kier molecular flexibility index (Phi) is 7.29. The van der Waals surface area contributed by atoms with Crippen molar-refractivity contribution < 1.29 is 14.3 Å². The zero-order valence-corrected chi connectivity index (χ0v) is 13.8. The summed E-state index contributed by atoms with van der Waals surface area (Å²) in [6, 6.07) is 7.46. The molecule has 1 atom stereocenters. The first-order valence-corrected chi connectivity index (χ1v) is 8.14. The molecular formula is C16H23NO3S. The maximum Gasteiger partial charge on any atom is 0.337 e. The molecule has 0 radical (unpaired) electrons. The van der Waals surface area contributed by atoms with Crippen LogP contribution in [0.15, 0.2) is 24.3 Å². The third-order valence-electron chi connectivity index (χ3n) is 3.24. The molecule has 0 aliphatic rings. The number of rotatable bonds is 7. The highest BCUT2D eigenvalue weighted by Crippen LogP contribution is 2.14. The van der Waals surface area contributed by atoms with Gasteiger partial charge in [0.25, 0.3) is 0 Å². The van der Waals surface area contributed by atoms with E-state index in [2.05, 4.69) is 19.2 Å². The molecule has 0 aromatic heterocycles. The molecular weight excluding hydrogens is 286 g/mol. The summed E-state index contributed by atoms with van der Waals surface area (Å²) in [6.45, 7) is 6.17. The van der Waals surface area contributed by atoms with E-state index < -0.39 is 0 Å². The van der Waals surface area contributed by atoms with Gasteiger partial charge in [-0.1, -0.05) is 26.0 Å². The average molecular weight is 309 g/mol. The summed E-state index contributed by atoms with van der Waals surface area (Å²) in [7, 11) is 1.37. The van der Waals surface area contributed by atoms with Crippen molar-refractivity contribution >= 4 is 23.6 Å². The fourth-order valence-corrected chi connectivity index (χ4v) is 2.42. The summed E-state index contributed by atoms with van der Waals surface area (Å²) in [5.41, 5.74) is 1.54. The van der Waals surface area contributed by atoms with Crippen molar-refractivity contribution in [3.8, 4) is 0 Å². The van der Waals surface area contributed by atoms with Gasteiger partial charge in [-0.3, -0.25) is 4.79 Å². The van der Waals surface area contributed by atoms with E-state index >= 15 is 0 Å². The van der Waals surface area contributed by atoms with E-state index in [0.29, 0.717) is 23.0 Å². The number of carbonyl (C=O) groups excluding carboxylic acids is 2. The zero-order chi connectivity index (χ0) is 15.8. The van der Waals surface area contributed by atoms with Gasteiger partial charge in [-0.2, -0.15) is 0 Å². The zero-order valence-electron chi connectivity index (χ0n) is 13.0. The van der Waals surface area contributed by atoms with Crippen LogP contribution in [0, 0.1) is 5.92 Å². The lowest BCUT2D eigenvalue weighted by Crippen LogP contribution is -2.37. The number of ether oxygens (including phenoxy) is 1. The SMILES string of the molecule is COC(=O)c1cccc(CSCC(=O)N[C@@H](C)C(C)C)c1. The molecule has 1 N–H and O–H groups in total. The maximum absolute atomic E-state index is 11.8. The molecule has 0 fully saturated rings. The van der Waals surface area contributed by atoms with Crippen LogP contribution in [0.3, 0.4) is 0 Å². The Bertz CT molecular complexity index is 488. The van der Waals surface area contributed by atoms with Gasteiger partial charge in [-0.25, -0.2) is 4.79 Å². The van der Waals surface area contributed by atoms with Gasteiger partial charge < -0.3 is 10.1 Å². The highest BCUT2D eigenvalue weighted by atomic mass is 32.2. The van der Waals surface area contributed by atoms with Crippen LogP contribution in [0.25, 0.3) is 0 Å². The van der Waals surface area contributed by atoms with Crippen molar-refractivity contribution in [3.05, 3.63) is 35.4 Å². The van der Waals surface area contributed by atoms with Crippen LogP contribution in [-0.4, -0.2) is 30.8 Å². The predicted octanol–water partition coefficient (Wildman–Crippen LogP) is 2.87. The van der Waals surface area contributed by atoms with Crippen molar-refractivity contribution in [1.82, 2.24) is 5.32 Å². The van der Waals surface area contributed by atoms with Crippen LogP contribution < -0.4 is 5.32 Å². The Labute approximate surface area is 130 Å². The van der Waals surface area contributed by atoms with E-state index in [1.54, 1.807) is 12.1 Å². The lowest BCUT2D eigenvalue weighted by atomic mass is 10.1. The summed E-state index contributed by atoms with van der Waals surface area (Å²) in [5.74, 6) is 1.24. The van der Waals surface area contributed by atoms with Crippen molar-refractivity contribution in [1.29, 1.82) is 0 Å². The number of esters is 1. The number of nitrogens with one attached hydrogen (secondary N) is 1. The normalized spacial score (nSPS) is 12.0. The molecule has 0 spiro atoms. The third kappa shape index (κ3) is 6.21. The van der Waals surface area contributed by atoms with Crippen molar-refractivity contribution in [2.24, 2.45) is 5.92 Å². The van der Waals surface area contributed by atoms with Gasteiger partial charge in [0.2, 0.25) is 5.91 Å². The summed E-state index contributed by atoms with van der Waals surface area (Å²) in [5, 5.41) is 2.97. The molecule has 21 heavy (non-hydrogen) atoms. The Balaban J connectivity index is 2.42. The van der Waals surface area contributed by atoms with E-state index in [-0.39, 0.29) is 17.9 Å². The second-order valence-corrected chi connectivity index (χ2v) is 6.27. The van der Waals surface area contributed by atoms with Crippen LogP contribution in [-0.2, 0) is 15.3 Å². The predicted molar refractivity (Wildman–Crippen MR) is 86.4 cm³/mol. The summed E-state index contributed by atoms with van der Waals surface area (Å²) in [4.78, 5) is 23.2. The van der Waals surface area contributed by atoms with Crippen LogP contribution in [0.5, 0.6) is 0 Å². The first-order valence-electron chi connectivity index (χ1n) is 6.98. The van der Waals surface area contributed by atoms with E-state index in [1.807, 2.05) is 19.1 Å². The second kappa shape index (κ2) is 8.72. The Hall–Kier alpha value is -1.49. The molecule has 0 saturated carbocycles. The van der Waals surface area contributed by atoms with Gasteiger partial charge in [0.05, 0.1) is 18.4 Å². The van der Waals surface area contributed by atoms with Crippen LogP contribution in [0.1, 0.15) is 36.7 Å². The van der Waals surface area contributed by atoms with Gasteiger partial charge in [-0.05, 0) is 30.5 Å². The summed E-state index contributed by atoms with van der Waals surface area (Å²) >= 11 is 1.53. The Morgan fingerprint density at radius 1 is 1.29 bits per heavy atom. The van der Waals surface area contributed by atoms with Crippen molar-refractivity contribution in [3.63, 3.8) is 0 Å². The molecule has 0 aliphatic heterocycles. The van der Waals surface area contributed by atoms with Crippen LogP contribution in [0.4, 0.5) is 0 Å². The monoisotopic (exact) mass is 309 g/mol. The quantitative estimate of drug-likeness (QED) is 0.787. The van der Waals surface area contributed by atoms with E-state index in [1.165, 1.54) is 18.9 Å². The van der Waals surface area contributed by atoms with Crippen molar-refractivity contribution in [2.75, 3.05) is 12.9 Å². The summed E-state index contributed by atoms with van der Waals surface area (Å²) in [6.07, 6.45) is 0. The average Bonchev–Trinajstić information content (AvgIpc) is 2.46. The third-order valence-corrected chi connectivity index (χ3v) is 4.24. The highest BCUT2D eigenvalue weighted by molar-refractivity contribution is 7.99. The topological polar surface area (TPSA) is 55.4 Å². The fourth-order valence-electron chi connectivity index (χ4n) is 1.63. The smallest absolute Gasteiger partial charge is 0.337 e. The van der Waals surface area contributed by atoms with Crippen molar-refractivity contribution in [2.45, 2.75) is 32.6 Å². The summed E-state index contributed by atoms with van der Waals surface area (Å²) < 4.78 is 4.69. The molecule has 5 heteroatoms. The van der Waals surface area contributed by atoms with E-state index in [9.17, 15) is 9.59 Å². The molecule has 0 aliphatic carbocycles. The van der Waals surface area contributed by atoms with Gasteiger partial charge in [0.15, 0.2) is 0 Å². The molecule has 116 valence electrons. The molecule has 1 rings (SSSR count). The lowest BCUT2D eigenvalue weighted by molar-refractivity contribution is -0.119. The molecule has 1 aromatic carbocycles. The van der Waals surface area contributed by atoms with Gasteiger partial charge >= 0.3 is 5.97 Å². The number of thioether (sulfide) groups is 1. The highest BCUT2D eigenvalue weighted by Gasteiger charge is 2.11. The molecule has 0 bridgehead atoms. The largest absolute Gasteiger partial charge is 0.465 e. The number of hydrogen-bond acceptors (Lipinski definition) is 4. The molecule has 1 aromatic rings. The molecule has 0 heterocycles. The van der Waals surface area contributed by atoms with Crippen LogP contribution in [0.2, 0.25) is 0 Å². The lowest BCUT2D eigenvalue weighted by Gasteiger charge is -2.17. The minimum absolute atomic E-state index is 0.0466. The standard InChI is InChI=1S/C16H23NO3S/c1-11(2)12(3)17-15(18)10-21-9-13-6-5-7-14(8-13)16(19)20-4/h5-8,11-12H,9-10H2,1-4H3,(H,17,18)/t12-/m0/s1. The fraction of sp³-hybridized carbons (Fsp3) is 0.500. The maximum atomic E-state index is 11.8. The van der Waals surface area contributed by atoms with Gasteiger partial charge in [-0.15, -0.1) is 11.8 Å². The second-order valence-electron chi connectivity index (χ2n) is 5.28. The van der Waals surface area contributed by atoms with E-state index in [0.717, 1.165) is 5.56 Å². The number of methoxy groups -OCH3 is 1. The molecule has 1 amide bonds. The molecule has 4 nitrogen and oxygen atoms in total.